The summed E-state index contributed by atoms with van der Waals surface area (Å²) in [6, 6.07) is 4.20. The van der Waals surface area contributed by atoms with Crippen molar-refractivity contribution in [2.24, 2.45) is 0 Å². The van der Waals surface area contributed by atoms with Gasteiger partial charge < -0.3 is 9.84 Å². The molecule has 0 radical (unpaired) electrons. The summed E-state index contributed by atoms with van der Waals surface area (Å²) >= 11 is 0. The van der Waals surface area contributed by atoms with E-state index in [4.69, 9.17) is 9.84 Å². The summed E-state index contributed by atoms with van der Waals surface area (Å²) in [5.74, 6) is -0.900. The number of carboxylic acid groups (broad SMARTS) is 1. The molecule has 1 aromatic rings. The van der Waals surface area contributed by atoms with Crippen LogP contribution in [0.15, 0.2) is 18.2 Å². The predicted molar refractivity (Wildman–Crippen MR) is 60.3 cm³/mol. The molecular formula is C12H17FO3. The summed E-state index contributed by atoms with van der Waals surface area (Å²) in [6.45, 7) is 4.00. The van der Waals surface area contributed by atoms with Gasteiger partial charge in [-0.3, -0.25) is 4.79 Å². The summed E-state index contributed by atoms with van der Waals surface area (Å²) in [4.78, 5) is 10.3. The van der Waals surface area contributed by atoms with Crippen LogP contribution >= 0.6 is 0 Å². The van der Waals surface area contributed by atoms with Crippen molar-refractivity contribution in [3.05, 3.63) is 29.6 Å². The number of carbonyl (C=O) groups is 1. The van der Waals surface area contributed by atoms with Crippen molar-refractivity contribution in [2.45, 2.75) is 26.7 Å². The molecular weight excluding hydrogens is 211 g/mol. The fourth-order valence-electron chi connectivity index (χ4n) is 1.13. The second-order valence-corrected chi connectivity index (χ2v) is 2.89. The van der Waals surface area contributed by atoms with Crippen molar-refractivity contribution < 1.29 is 19.0 Å². The van der Waals surface area contributed by atoms with Crippen LogP contribution in [0.5, 0.6) is 5.75 Å². The summed E-state index contributed by atoms with van der Waals surface area (Å²) in [7, 11) is 1.44. The van der Waals surface area contributed by atoms with Crippen LogP contribution in [0.1, 0.15) is 25.8 Å². The number of carboxylic acids is 1. The van der Waals surface area contributed by atoms with Gasteiger partial charge in [0.2, 0.25) is 0 Å². The molecule has 0 heterocycles. The van der Waals surface area contributed by atoms with Gasteiger partial charge in [0.1, 0.15) is 11.6 Å². The maximum absolute atomic E-state index is 12.9. The molecule has 0 bridgehead atoms. The second-order valence-electron chi connectivity index (χ2n) is 2.89. The molecule has 0 spiro atoms. The number of rotatable bonds is 4. The van der Waals surface area contributed by atoms with Gasteiger partial charge in [0, 0.05) is 12.5 Å². The number of hydrogen-bond donors (Lipinski definition) is 1. The molecule has 0 aliphatic heterocycles. The minimum absolute atomic E-state index is 0.00733. The molecule has 1 rings (SSSR count). The first-order chi connectivity index (χ1) is 7.61. The van der Waals surface area contributed by atoms with Gasteiger partial charge in [0.25, 0.3) is 0 Å². The Morgan fingerprint density at radius 3 is 2.50 bits per heavy atom. The molecule has 0 aromatic heterocycles. The zero-order valence-corrected chi connectivity index (χ0v) is 9.79. The van der Waals surface area contributed by atoms with E-state index in [0.29, 0.717) is 17.7 Å². The van der Waals surface area contributed by atoms with Gasteiger partial charge in [-0.1, -0.05) is 13.8 Å². The number of hydrogen-bond acceptors (Lipinski definition) is 2. The lowest BCUT2D eigenvalue weighted by molar-refractivity contribution is -0.136. The van der Waals surface area contributed by atoms with E-state index in [1.807, 2.05) is 13.8 Å². The smallest absolute Gasteiger partial charge is 0.303 e. The van der Waals surface area contributed by atoms with E-state index >= 15 is 0 Å². The highest BCUT2D eigenvalue weighted by molar-refractivity contribution is 5.67. The SMILES string of the molecule is CC.COc1cc(F)cc(CCC(=O)O)c1. The quantitative estimate of drug-likeness (QED) is 0.861. The lowest BCUT2D eigenvalue weighted by Crippen LogP contribution is -1.98. The third-order valence-corrected chi connectivity index (χ3v) is 1.79. The van der Waals surface area contributed by atoms with Gasteiger partial charge in [0.05, 0.1) is 7.11 Å². The Hall–Kier alpha value is -1.58. The second kappa shape index (κ2) is 7.68. The first-order valence-corrected chi connectivity index (χ1v) is 5.17. The third-order valence-electron chi connectivity index (χ3n) is 1.79. The van der Waals surface area contributed by atoms with Crippen LogP contribution in [0.3, 0.4) is 0 Å². The summed E-state index contributed by atoms with van der Waals surface area (Å²) < 4.78 is 17.8. The number of aliphatic carboxylic acids is 1. The highest BCUT2D eigenvalue weighted by Crippen LogP contribution is 2.16. The number of ether oxygens (including phenoxy) is 1. The molecule has 90 valence electrons. The zero-order chi connectivity index (χ0) is 12.6. The average molecular weight is 228 g/mol. The monoisotopic (exact) mass is 228 g/mol. The molecule has 16 heavy (non-hydrogen) atoms. The van der Waals surface area contributed by atoms with Gasteiger partial charge in [0.15, 0.2) is 0 Å². The molecule has 0 fully saturated rings. The van der Waals surface area contributed by atoms with Gasteiger partial charge in [-0.2, -0.15) is 0 Å². The third kappa shape index (κ3) is 5.34. The van der Waals surface area contributed by atoms with Crippen LogP contribution in [0, 0.1) is 5.82 Å². The van der Waals surface area contributed by atoms with Crippen molar-refractivity contribution in [2.75, 3.05) is 7.11 Å². The molecule has 1 N–H and O–H groups in total. The van der Waals surface area contributed by atoms with Crippen LogP contribution < -0.4 is 4.74 Å². The fourth-order valence-corrected chi connectivity index (χ4v) is 1.13. The molecule has 4 heteroatoms. The molecule has 1 aromatic carbocycles. The van der Waals surface area contributed by atoms with E-state index in [0.717, 1.165) is 0 Å². The Kier molecular flexibility index (Phi) is 6.92. The first kappa shape index (κ1) is 14.4. The number of benzene rings is 1. The summed E-state index contributed by atoms with van der Waals surface area (Å²) in [5, 5.41) is 8.45. The van der Waals surface area contributed by atoms with Crippen LogP contribution in [0.2, 0.25) is 0 Å². The zero-order valence-electron chi connectivity index (χ0n) is 9.79. The summed E-state index contributed by atoms with van der Waals surface area (Å²) in [5.41, 5.74) is 0.629. The Labute approximate surface area is 94.9 Å². The normalized spacial score (nSPS) is 9.00. The topological polar surface area (TPSA) is 46.5 Å². The van der Waals surface area contributed by atoms with E-state index in [-0.39, 0.29) is 6.42 Å². The number of methoxy groups -OCH3 is 1. The minimum Gasteiger partial charge on any atom is -0.497 e. The van der Waals surface area contributed by atoms with Crippen molar-refractivity contribution in [3.63, 3.8) is 0 Å². The van der Waals surface area contributed by atoms with E-state index < -0.39 is 11.8 Å². The van der Waals surface area contributed by atoms with Gasteiger partial charge in [-0.15, -0.1) is 0 Å². The maximum Gasteiger partial charge on any atom is 0.303 e. The lowest BCUT2D eigenvalue weighted by atomic mass is 10.1. The van der Waals surface area contributed by atoms with E-state index in [1.54, 1.807) is 6.07 Å². The van der Waals surface area contributed by atoms with Crippen LogP contribution in [-0.4, -0.2) is 18.2 Å². The fraction of sp³-hybridized carbons (Fsp3) is 0.417. The molecule has 0 saturated carbocycles. The molecule has 0 atom stereocenters. The number of halogens is 1. The Balaban J connectivity index is 0.00000106. The minimum atomic E-state index is -0.895. The first-order valence-electron chi connectivity index (χ1n) is 5.17. The Bertz CT molecular complexity index is 337. The van der Waals surface area contributed by atoms with E-state index in [9.17, 15) is 9.18 Å². The molecule has 0 saturated heterocycles. The molecule has 3 nitrogen and oxygen atoms in total. The summed E-state index contributed by atoms with van der Waals surface area (Å²) in [6.07, 6.45) is 0.302. The molecule has 0 amide bonds. The van der Waals surface area contributed by atoms with Crippen molar-refractivity contribution in [3.8, 4) is 5.75 Å². The van der Waals surface area contributed by atoms with Gasteiger partial charge >= 0.3 is 5.97 Å². The van der Waals surface area contributed by atoms with Gasteiger partial charge in [-0.25, -0.2) is 4.39 Å². The van der Waals surface area contributed by atoms with E-state index in [2.05, 4.69) is 0 Å². The van der Waals surface area contributed by atoms with Crippen LogP contribution in [0.4, 0.5) is 4.39 Å². The highest BCUT2D eigenvalue weighted by Gasteiger charge is 2.03. The average Bonchev–Trinajstić information content (AvgIpc) is 2.28. The van der Waals surface area contributed by atoms with Crippen molar-refractivity contribution in [1.29, 1.82) is 0 Å². The molecule has 0 aliphatic rings. The van der Waals surface area contributed by atoms with Crippen molar-refractivity contribution in [1.82, 2.24) is 0 Å². The Morgan fingerprint density at radius 1 is 1.38 bits per heavy atom. The Morgan fingerprint density at radius 2 is 2.00 bits per heavy atom. The highest BCUT2D eigenvalue weighted by atomic mass is 19.1. The molecule has 0 unspecified atom stereocenters. The van der Waals surface area contributed by atoms with E-state index in [1.165, 1.54) is 19.2 Å². The lowest BCUT2D eigenvalue weighted by Gasteiger charge is -2.03. The van der Waals surface area contributed by atoms with Gasteiger partial charge in [-0.05, 0) is 24.1 Å². The van der Waals surface area contributed by atoms with Crippen molar-refractivity contribution >= 4 is 5.97 Å². The largest absolute Gasteiger partial charge is 0.497 e. The maximum atomic E-state index is 12.9. The van der Waals surface area contributed by atoms with Crippen LogP contribution in [-0.2, 0) is 11.2 Å². The standard InChI is InChI=1S/C10H11FO3.C2H6/c1-14-9-5-7(2-3-10(12)13)4-8(11)6-9;1-2/h4-6H,2-3H2,1H3,(H,12,13);1-2H3. The molecule has 0 aliphatic carbocycles. The predicted octanol–water partition coefficient (Wildman–Crippen LogP) is 2.88. The van der Waals surface area contributed by atoms with Crippen LogP contribution in [0.25, 0.3) is 0 Å². The number of aryl methyl sites for hydroxylation is 1.